The van der Waals surface area contributed by atoms with Crippen molar-refractivity contribution in [3.05, 3.63) is 69.3 Å². The molecule has 0 spiro atoms. The number of thiophene rings is 1. The van der Waals surface area contributed by atoms with Crippen molar-refractivity contribution in [2.24, 2.45) is 0 Å². The Labute approximate surface area is 171 Å². The highest BCUT2D eigenvalue weighted by atomic mass is 35.5. The Morgan fingerprint density at radius 1 is 1.17 bits per heavy atom. The maximum absolute atomic E-state index is 14.3. The molecule has 0 aliphatic rings. The van der Waals surface area contributed by atoms with Crippen LogP contribution in [0.4, 0.5) is 18.9 Å². The normalized spacial score (nSPS) is 10.7. The second-order valence-corrected chi connectivity index (χ2v) is 7.01. The van der Waals surface area contributed by atoms with Crippen molar-refractivity contribution in [3.8, 4) is 16.2 Å². The van der Waals surface area contributed by atoms with Crippen molar-refractivity contribution in [2.75, 3.05) is 12.4 Å². The molecular weight excluding hydrogens is 431 g/mol. The molecule has 0 bridgehead atoms. The zero-order valence-corrected chi connectivity index (χ0v) is 16.1. The summed E-state index contributed by atoms with van der Waals surface area (Å²) in [5, 5.41) is 13.5. The lowest BCUT2D eigenvalue weighted by Gasteiger charge is -2.10. The average molecular weight is 442 g/mol. The molecule has 0 unspecified atom stereocenters. The smallest absolute Gasteiger partial charge is 0.339 e. The number of halogens is 4. The number of carboxylic acid groups (broad SMARTS) is 1. The van der Waals surface area contributed by atoms with Crippen molar-refractivity contribution in [1.82, 2.24) is 0 Å². The molecular formula is C19H11ClF3NO4S. The Morgan fingerprint density at radius 3 is 2.52 bits per heavy atom. The van der Waals surface area contributed by atoms with Crippen LogP contribution < -0.4 is 10.1 Å². The van der Waals surface area contributed by atoms with Gasteiger partial charge >= 0.3 is 5.97 Å². The Morgan fingerprint density at radius 2 is 1.90 bits per heavy atom. The van der Waals surface area contributed by atoms with Gasteiger partial charge in [0.2, 0.25) is 5.82 Å². The minimum Gasteiger partial charge on any atom is -0.491 e. The Bertz CT molecular complexity index is 1130. The number of hydrogen-bond donors (Lipinski definition) is 2. The molecule has 29 heavy (non-hydrogen) atoms. The number of carbonyl (C=O) groups is 2. The van der Waals surface area contributed by atoms with Gasteiger partial charge < -0.3 is 15.2 Å². The van der Waals surface area contributed by atoms with Gasteiger partial charge in [-0.2, -0.15) is 4.39 Å². The van der Waals surface area contributed by atoms with E-state index in [4.69, 9.17) is 11.6 Å². The van der Waals surface area contributed by atoms with Gasteiger partial charge in [0.25, 0.3) is 5.91 Å². The fraction of sp³-hybridized carbons (Fsp3) is 0.0526. The van der Waals surface area contributed by atoms with Gasteiger partial charge in [-0.15, -0.1) is 11.3 Å². The molecule has 5 nitrogen and oxygen atoms in total. The molecule has 0 aliphatic heterocycles. The molecule has 2 N–H and O–H groups in total. The summed E-state index contributed by atoms with van der Waals surface area (Å²) in [4.78, 5) is 24.5. The van der Waals surface area contributed by atoms with E-state index in [9.17, 15) is 27.9 Å². The van der Waals surface area contributed by atoms with Crippen LogP contribution in [0, 0.1) is 17.5 Å². The molecule has 10 heteroatoms. The molecule has 0 saturated heterocycles. The maximum Gasteiger partial charge on any atom is 0.339 e. The lowest BCUT2D eigenvalue weighted by Crippen LogP contribution is -2.17. The van der Waals surface area contributed by atoms with Gasteiger partial charge in [0, 0.05) is 10.4 Å². The molecule has 3 rings (SSSR count). The summed E-state index contributed by atoms with van der Waals surface area (Å²) >= 11 is 6.95. The molecule has 150 valence electrons. The van der Waals surface area contributed by atoms with Crippen LogP contribution in [0.1, 0.15) is 20.7 Å². The van der Waals surface area contributed by atoms with Gasteiger partial charge in [0.05, 0.1) is 23.2 Å². The van der Waals surface area contributed by atoms with Gasteiger partial charge in [0.15, 0.2) is 17.4 Å². The van der Waals surface area contributed by atoms with Crippen LogP contribution in [0.25, 0.3) is 10.4 Å². The van der Waals surface area contributed by atoms with E-state index in [-0.39, 0.29) is 11.3 Å². The van der Waals surface area contributed by atoms with E-state index in [1.54, 1.807) is 24.3 Å². The van der Waals surface area contributed by atoms with Crippen LogP contribution >= 0.6 is 22.9 Å². The Hall–Kier alpha value is -3.04. The van der Waals surface area contributed by atoms with Gasteiger partial charge in [-0.25, -0.2) is 13.6 Å². The van der Waals surface area contributed by atoms with Crippen molar-refractivity contribution in [1.29, 1.82) is 0 Å². The molecule has 1 heterocycles. The van der Waals surface area contributed by atoms with E-state index >= 15 is 0 Å². The zero-order valence-electron chi connectivity index (χ0n) is 14.6. The van der Waals surface area contributed by atoms with E-state index in [0.717, 1.165) is 18.4 Å². The van der Waals surface area contributed by atoms with Crippen molar-refractivity contribution >= 4 is 40.5 Å². The summed E-state index contributed by atoms with van der Waals surface area (Å²) in [6.07, 6.45) is 0. The summed E-state index contributed by atoms with van der Waals surface area (Å²) in [6, 6.07) is 6.79. The average Bonchev–Trinajstić information content (AvgIpc) is 3.09. The molecule has 1 amide bonds. The third kappa shape index (κ3) is 3.92. The molecule has 0 saturated carbocycles. The number of carbonyl (C=O) groups excluding carboxylic acids is 1. The van der Waals surface area contributed by atoms with E-state index < -0.39 is 40.6 Å². The number of methoxy groups -OCH3 is 1. The molecule has 1 aromatic heterocycles. The van der Waals surface area contributed by atoms with Crippen LogP contribution in [0.3, 0.4) is 0 Å². The summed E-state index contributed by atoms with van der Waals surface area (Å²) < 4.78 is 46.0. The first-order valence-corrected chi connectivity index (χ1v) is 9.13. The summed E-state index contributed by atoms with van der Waals surface area (Å²) in [7, 11) is 0.918. The number of ether oxygens (including phenoxy) is 1. The molecule has 2 aromatic carbocycles. The van der Waals surface area contributed by atoms with Crippen LogP contribution in [0.2, 0.25) is 5.02 Å². The molecule has 0 aliphatic carbocycles. The summed E-state index contributed by atoms with van der Waals surface area (Å²) in [5.74, 6) is -8.05. The molecule has 0 atom stereocenters. The van der Waals surface area contributed by atoms with Crippen LogP contribution in [0.5, 0.6) is 5.75 Å². The van der Waals surface area contributed by atoms with Crippen molar-refractivity contribution in [3.63, 3.8) is 0 Å². The number of anilines is 1. The number of rotatable bonds is 5. The number of aromatic carboxylic acids is 1. The summed E-state index contributed by atoms with van der Waals surface area (Å²) in [5.41, 5.74) is -0.722. The highest BCUT2D eigenvalue weighted by Gasteiger charge is 2.26. The van der Waals surface area contributed by atoms with Gasteiger partial charge in [-0.1, -0.05) is 23.7 Å². The maximum atomic E-state index is 14.3. The quantitative estimate of drug-likeness (QED) is 0.516. The van der Waals surface area contributed by atoms with Gasteiger partial charge in [-0.3, -0.25) is 4.79 Å². The van der Waals surface area contributed by atoms with Gasteiger partial charge in [-0.05, 0) is 23.8 Å². The van der Waals surface area contributed by atoms with Crippen molar-refractivity contribution in [2.45, 2.75) is 0 Å². The number of hydrogen-bond acceptors (Lipinski definition) is 4. The third-order valence-corrected chi connectivity index (χ3v) is 5.17. The zero-order chi connectivity index (χ0) is 21.3. The van der Waals surface area contributed by atoms with E-state index in [2.05, 4.69) is 10.1 Å². The monoisotopic (exact) mass is 441 g/mol. The number of carboxylic acids is 1. The largest absolute Gasteiger partial charge is 0.491 e. The number of amides is 1. The lowest BCUT2D eigenvalue weighted by atomic mass is 10.1. The predicted octanol–water partition coefficient (Wildman–Crippen LogP) is 5.44. The Balaban J connectivity index is 2.03. The molecule has 0 fully saturated rings. The SMILES string of the molecule is COc1c(F)c(F)cc(C(=O)Nc2csc(-c3cccc(Cl)c3)c2C(=O)O)c1F. The number of nitrogens with one attached hydrogen (secondary N) is 1. The second kappa shape index (κ2) is 8.14. The minimum absolute atomic E-state index is 0.134. The van der Waals surface area contributed by atoms with E-state index in [1.807, 2.05) is 0 Å². The highest BCUT2D eigenvalue weighted by molar-refractivity contribution is 7.14. The molecule has 0 radical (unpaired) electrons. The lowest BCUT2D eigenvalue weighted by molar-refractivity contribution is 0.0699. The predicted molar refractivity (Wildman–Crippen MR) is 103 cm³/mol. The van der Waals surface area contributed by atoms with Crippen molar-refractivity contribution < 1.29 is 32.6 Å². The van der Waals surface area contributed by atoms with Gasteiger partial charge in [0.1, 0.15) is 5.56 Å². The van der Waals surface area contributed by atoms with E-state index in [0.29, 0.717) is 21.5 Å². The van der Waals surface area contributed by atoms with Crippen LogP contribution in [-0.4, -0.2) is 24.1 Å². The first-order valence-electron chi connectivity index (χ1n) is 7.88. The third-order valence-electron chi connectivity index (χ3n) is 3.90. The standard InChI is InChI=1S/C19H11ClF3NO4S/c1-28-16-14(22)10(6-11(21)15(16)23)18(25)24-12-7-29-17(13(12)19(26)27)8-3-2-4-9(20)5-8/h2-7H,1H3,(H,24,25)(H,26,27). The first-order chi connectivity index (χ1) is 13.7. The number of benzene rings is 2. The summed E-state index contributed by atoms with van der Waals surface area (Å²) in [6.45, 7) is 0. The fourth-order valence-corrected chi connectivity index (χ4v) is 3.80. The fourth-order valence-electron chi connectivity index (χ4n) is 2.62. The highest BCUT2D eigenvalue weighted by Crippen LogP contribution is 2.37. The van der Waals surface area contributed by atoms with Crippen LogP contribution in [-0.2, 0) is 0 Å². The molecule has 3 aromatic rings. The van der Waals surface area contributed by atoms with Crippen LogP contribution in [0.15, 0.2) is 35.7 Å². The topological polar surface area (TPSA) is 75.6 Å². The second-order valence-electron chi connectivity index (χ2n) is 5.69. The first kappa shape index (κ1) is 20.7. The minimum atomic E-state index is -1.58. The Kier molecular flexibility index (Phi) is 5.81. The van der Waals surface area contributed by atoms with E-state index in [1.165, 1.54) is 5.38 Å².